The summed E-state index contributed by atoms with van der Waals surface area (Å²) in [7, 11) is 0. The summed E-state index contributed by atoms with van der Waals surface area (Å²) in [5.74, 6) is 3.85. The van der Waals surface area contributed by atoms with Crippen LogP contribution in [0.15, 0.2) is 0 Å². The summed E-state index contributed by atoms with van der Waals surface area (Å²) >= 11 is 0. The number of ether oxygens (including phenoxy) is 1. The van der Waals surface area contributed by atoms with Gasteiger partial charge in [0.2, 0.25) is 0 Å². The van der Waals surface area contributed by atoms with E-state index in [1.54, 1.807) is 0 Å². The highest BCUT2D eigenvalue weighted by Gasteiger charge is 2.67. The molecule has 1 saturated heterocycles. The van der Waals surface area contributed by atoms with Crippen molar-refractivity contribution in [3.63, 3.8) is 0 Å². The van der Waals surface area contributed by atoms with Crippen LogP contribution < -0.4 is 0 Å². The summed E-state index contributed by atoms with van der Waals surface area (Å²) in [6, 6.07) is 0. The zero-order valence-electron chi connectivity index (χ0n) is 14.2. The Morgan fingerprint density at radius 1 is 0.952 bits per heavy atom. The van der Waals surface area contributed by atoms with Gasteiger partial charge < -0.3 is 4.74 Å². The Balaban J connectivity index is 1.56. The highest BCUT2D eigenvalue weighted by Crippen LogP contribution is 2.73. The van der Waals surface area contributed by atoms with Crippen molar-refractivity contribution >= 4 is 0 Å². The number of rotatable bonds is 0. The van der Waals surface area contributed by atoms with Gasteiger partial charge in [-0.05, 0) is 84.9 Å². The Kier molecular flexibility index (Phi) is 2.48. The molecule has 0 aromatic rings. The predicted octanol–water partition coefficient (Wildman–Crippen LogP) is 5.04. The smallest absolute Gasteiger partial charge is 0.0612 e. The Labute approximate surface area is 130 Å². The summed E-state index contributed by atoms with van der Waals surface area (Å²) in [4.78, 5) is 0. The third-order valence-electron chi connectivity index (χ3n) is 9.13. The normalized spacial score (nSPS) is 60.4. The van der Waals surface area contributed by atoms with E-state index in [0.29, 0.717) is 22.3 Å². The highest BCUT2D eigenvalue weighted by molar-refractivity contribution is 5.16. The van der Waals surface area contributed by atoms with Gasteiger partial charge in [0.1, 0.15) is 0 Å². The summed E-state index contributed by atoms with van der Waals surface area (Å²) in [5, 5.41) is 0. The quantitative estimate of drug-likeness (QED) is 0.606. The Morgan fingerprint density at radius 3 is 2.62 bits per heavy atom. The van der Waals surface area contributed by atoms with Crippen LogP contribution in [0.5, 0.6) is 0 Å². The van der Waals surface area contributed by atoms with Gasteiger partial charge in [-0.1, -0.05) is 27.2 Å². The van der Waals surface area contributed by atoms with Crippen molar-refractivity contribution in [3.05, 3.63) is 0 Å². The van der Waals surface area contributed by atoms with E-state index in [1.807, 2.05) is 0 Å². The minimum absolute atomic E-state index is 0.584. The van der Waals surface area contributed by atoms with Gasteiger partial charge in [-0.25, -0.2) is 0 Å². The van der Waals surface area contributed by atoms with Crippen LogP contribution in [-0.4, -0.2) is 12.7 Å². The first-order chi connectivity index (χ1) is 9.95. The third kappa shape index (κ3) is 1.53. The topological polar surface area (TPSA) is 9.23 Å². The molecule has 0 aromatic heterocycles. The lowest BCUT2D eigenvalue weighted by Crippen LogP contribution is -2.62. The van der Waals surface area contributed by atoms with Crippen molar-refractivity contribution in [2.75, 3.05) is 6.61 Å². The molecule has 118 valence electrons. The molecule has 1 aliphatic heterocycles. The molecule has 5 aliphatic carbocycles. The molecule has 6 fully saturated rings. The molecule has 0 aromatic carbocycles. The van der Waals surface area contributed by atoms with Crippen LogP contribution in [0.1, 0.15) is 72.1 Å². The van der Waals surface area contributed by atoms with Crippen molar-refractivity contribution in [2.45, 2.75) is 78.2 Å². The van der Waals surface area contributed by atoms with Crippen LogP contribution in [0, 0.1) is 39.9 Å². The summed E-state index contributed by atoms with van der Waals surface area (Å²) in [6.07, 6.45) is 12.6. The highest BCUT2D eigenvalue weighted by atomic mass is 16.5. The first-order valence-corrected chi connectivity index (χ1v) is 9.56. The van der Waals surface area contributed by atoms with Gasteiger partial charge in [-0.15, -0.1) is 0 Å². The largest absolute Gasteiger partial charge is 0.378 e. The summed E-state index contributed by atoms with van der Waals surface area (Å²) < 4.78 is 6.16. The molecule has 0 unspecified atom stereocenters. The number of hydrogen-bond donors (Lipinski definition) is 0. The fraction of sp³-hybridized carbons (Fsp3) is 1.00. The van der Waals surface area contributed by atoms with Crippen molar-refractivity contribution in [2.24, 2.45) is 39.9 Å². The van der Waals surface area contributed by atoms with Gasteiger partial charge in [0, 0.05) is 0 Å². The average Bonchev–Trinajstić information content (AvgIpc) is 2.71. The Morgan fingerprint density at radius 2 is 1.81 bits per heavy atom. The van der Waals surface area contributed by atoms with E-state index in [2.05, 4.69) is 20.8 Å². The fourth-order valence-electron chi connectivity index (χ4n) is 8.46. The van der Waals surface area contributed by atoms with E-state index in [9.17, 15) is 0 Å². The van der Waals surface area contributed by atoms with Crippen molar-refractivity contribution in [3.8, 4) is 0 Å². The first-order valence-electron chi connectivity index (χ1n) is 9.56. The molecule has 1 nitrogen and oxygen atoms in total. The maximum atomic E-state index is 6.16. The zero-order valence-corrected chi connectivity index (χ0v) is 14.2. The second-order valence-corrected chi connectivity index (χ2v) is 10.3. The molecular formula is C20H32O. The van der Waals surface area contributed by atoms with Gasteiger partial charge in [-0.2, -0.15) is 0 Å². The number of fused-ring (bicyclic) bond motifs is 1. The summed E-state index contributed by atoms with van der Waals surface area (Å²) in [6.45, 7) is 8.94. The molecule has 0 radical (unpaired) electrons. The molecule has 7 atom stereocenters. The molecule has 0 N–H and O–H groups in total. The molecule has 1 heterocycles. The lowest BCUT2D eigenvalue weighted by atomic mass is 9.36. The molecule has 1 heteroatoms. The first kappa shape index (κ1) is 13.4. The predicted molar refractivity (Wildman–Crippen MR) is 85.0 cm³/mol. The van der Waals surface area contributed by atoms with Crippen molar-refractivity contribution < 1.29 is 4.74 Å². The second-order valence-electron chi connectivity index (χ2n) is 10.3. The zero-order chi connectivity index (χ0) is 14.5. The lowest BCUT2D eigenvalue weighted by molar-refractivity contribution is -0.196. The van der Waals surface area contributed by atoms with E-state index in [0.717, 1.165) is 30.3 Å². The molecule has 21 heavy (non-hydrogen) atoms. The molecular weight excluding hydrogens is 256 g/mol. The maximum Gasteiger partial charge on any atom is 0.0612 e. The van der Waals surface area contributed by atoms with Crippen LogP contribution in [0.25, 0.3) is 0 Å². The van der Waals surface area contributed by atoms with Crippen LogP contribution in [0.4, 0.5) is 0 Å². The Hall–Kier alpha value is -0.0400. The van der Waals surface area contributed by atoms with Crippen LogP contribution in [-0.2, 0) is 4.74 Å². The molecule has 0 amide bonds. The average molecular weight is 288 g/mol. The second kappa shape index (κ2) is 3.89. The van der Waals surface area contributed by atoms with Crippen molar-refractivity contribution in [1.29, 1.82) is 0 Å². The van der Waals surface area contributed by atoms with Crippen LogP contribution in [0.2, 0.25) is 0 Å². The van der Waals surface area contributed by atoms with Gasteiger partial charge in [0.15, 0.2) is 0 Å². The van der Waals surface area contributed by atoms with Crippen LogP contribution >= 0.6 is 0 Å². The van der Waals surface area contributed by atoms with E-state index >= 15 is 0 Å². The van der Waals surface area contributed by atoms with Gasteiger partial charge >= 0.3 is 0 Å². The van der Waals surface area contributed by atoms with E-state index in [-0.39, 0.29) is 0 Å². The SMILES string of the molecule is CC1(C)CCC[C@]2(C)[C@@H]1CC[C@@]13C[C@H]4CO[C@@H](C1)[C@H]4C[C@H]32. The minimum Gasteiger partial charge on any atom is -0.378 e. The molecule has 4 bridgehead atoms. The van der Waals surface area contributed by atoms with E-state index < -0.39 is 0 Å². The minimum atomic E-state index is 0.584. The van der Waals surface area contributed by atoms with E-state index in [1.165, 1.54) is 51.4 Å². The van der Waals surface area contributed by atoms with Gasteiger partial charge in [-0.3, -0.25) is 0 Å². The molecule has 5 saturated carbocycles. The molecule has 6 aliphatic rings. The maximum absolute atomic E-state index is 6.16. The van der Waals surface area contributed by atoms with E-state index in [4.69, 9.17) is 4.74 Å². The molecule has 6 rings (SSSR count). The number of hydrogen-bond acceptors (Lipinski definition) is 1. The van der Waals surface area contributed by atoms with Gasteiger partial charge in [0.25, 0.3) is 0 Å². The Bertz CT molecular complexity index is 452. The van der Waals surface area contributed by atoms with Gasteiger partial charge in [0.05, 0.1) is 12.7 Å². The van der Waals surface area contributed by atoms with Crippen molar-refractivity contribution in [1.82, 2.24) is 0 Å². The summed E-state index contributed by atoms with van der Waals surface area (Å²) in [5.41, 5.74) is 1.90. The van der Waals surface area contributed by atoms with Crippen LogP contribution in [0.3, 0.4) is 0 Å². The molecule has 1 spiro atoms. The standard InChI is InChI=1S/C20H32O/c1-18(2)6-4-7-19(3)16(18)5-8-20-10-13-12-21-15(11-20)14(13)9-17(19)20/h13-17H,4-12H2,1-3H3/t13-,14-,15-,16+,17-,19+,20+/m0/s1. The monoisotopic (exact) mass is 288 g/mol. The fourth-order valence-corrected chi connectivity index (χ4v) is 8.46. The lowest BCUT2D eigenvalue weighted by Gasteiger charge is -2.68. The third-order valence-corrected chi connectivity index (χ3v) is 9.13.